The molecule has 0 spiro atoms. The van der Waals surface area contributed by atoms with Crippen LogP contribution in [0.2, 0.25) is 0 Å². The van der Waals surface area contributed by atoms with Crippen molar-refractivity contribution in [3.63, 3.8) is 0 Å². The van der Waals surface area contributed by atoms with Gasteiger partial charge in [-0.25, -0.2) is 0 Å². The average molecular weight is 465 g/mol. The molecule has 8 heteroatoms. The van der Waals surface area contributed by atoms with E-state index in [0.717, 1.165) is 45.2 Å². The van der Waals surface area contributed by atoms with Gasteiger partial charge in [-0.15, -0.1) is 0 Å². The monoisotopic (exact) mass is 464 g/mol. The number of carbonyl (C=O) groups excluding carboxylic acids is 1. The summed E-state index contributed by atoms with van der Waals surface area (Å²) in [4.78, 5) is 15.1. The maximum absolute atomic E-state index is 13.1. The van der Waals surface area contributed by atoms with Gasteiger partial charge in [0.05, 0.1) is 5.92 Å². The molecule has 3 rings (SSSR count). The molecular formula is C24H40N4O3S. The van der Waals surface area contributed by atoms with Gasteiger partial charge in [0, 0.05) is 51.5 Å². The lowest BCUT2D eigenvalue weighted by molar-refractivity contribution is -0.126. The molecular weight excluding hydrogens is 424 g/mol. The third kappa shape index (κ3) is 6.45. The molecule has 1 N–H and O–H groups in total. The highest BCUT2D eigenvalue weighted by Gasteiger charge is 2.36. The molecule has 0 aromatic heterocycles. The Morgan fingerprint density at radius 2 is 1.91 bits per heavy atom. The third-order valence-electron chi connectivity index (χ3n) is 6.80. The van der Waals surface area contributed by atoms with E-state index in [0.29, 0.717) is 38.6 Å². The highest BCUT2D eigenvalue weighted by molar-refractivity contribution is 7.86. The predicted octanol–water partition coefficient (Wildman–Crippen LogP) is 3.02. The number of rotatable bonds is 9. The molecule has 0 radical (unpaired) electrons. The second-order valence-electron chi connectivity index (χ2n) is 9.35. The number of benzene rings is 1. The normalized spacial score (nSPS) is 21.4. The Hall–Kier alpha value is -1.64. The summed E-state index contributed by atoms with van der Waals surface area (Å²) in [5, 5.41) is 3.05. The van der Waals surface area contributed by atoms with Crippen LogP contribution in [0.4, 0.5) is 5.69 Å². The van der Waals surface area contributed by atoms with Crippen molar-refractivity contribution in [3.8, 4) is 0 Å². The number of hydrogen-bond acceptors (Lipinski definition) is 4. The van der Waals surface area contributed by atoms with Crippen molar-refractivity contribution < 1.29 is 13.2 Å². The first-order valence-electron chi connectivity index (χ1n) is 12.2. The van der Waals surface area contributed by atoms with Crippen LogP contribution < -0.4 is 10.2 Å². The molecule has 1 aromatic rings. The molecule has 1 atom stereocenters. The number of nitrogens with one attached hydrogen (secondary N) is 1. The van der Waals surface area contributed by atoms with Crippen LogP contribution in [-0.4, -0.2) is 68.7 Å². The first-order chi connectivity index (χ1) is 15.3. The van der Waals surface area contributed by atoms with Gasteiger partial charge in [0.15, 0.2) is 0 Å². The van der Waals surface area contributed by atoms with Crippen molar-refractivity contribution in [1.29, 1.82) is 0 Å². The molecule has 1 amide bonds. The highest BCUT2D eigenvalue weighted by atomic mass is 32.2. The standard InChI is InChI=1S/C24H40N4O3S/c1-4-26(23-10-5-8-21(3)18-23)14-7-13-25-24(29)22-9-6-15-28(19-22)32(30,31)27-16-11-20(2)12-17-27/h5,8,10,18,20,22H,4,6-7,9,11-17,19H2,1-3H3,(H,25,29)/t22-/m1/s1. The fraction of sp³-hybridized carbons (Fsp3) is 0.708. The van der Waals surface area contributed by atoms with E-state index in [1.807, 2.05) is 0 Å². The van der Waals surface area contributed by atoms with E-state index >= 15 is 0 Å². The molecule has 2 heterocycles. The zero-order valence-corrected chi connectivity index (χ0v) is 20.7. The summed E-state index contributed by atoms with van der Waals surface area (Å²) in [6, 6.07) is 8.47. The smallest absolute Gasteiger partial charge is 0.281 e. The number of aryl methyl sites for hydroxylation is 1. The van der Waals surface area contributed by atoms with Gasteiger partial charge in [0.25, 0.3) is 10.2 Å². The van der Waals surface area contributed by atoms with Crippen LogP contribution in [0.5, 0.6) is 0 Å². The van der Waals surface area contributed by atoms with Crippen molar-refractivity contribution in [1.82, 2.24) is 13.9 Å². The van der Waals surface area contributed by atoms with Gasteiger partial charge in [0.2, 0.25) is 5.91 Å². The molecule has 0 unspecified atom stereocenters. The number of anilines is 1. The molecule has 0 aliphatic carbocycles. The minimum Gasteiger partial charge on any atom is -0.372 e. The third-order valence-corrected chi connectivity index (χ3v) is 8.80. The van der Waals surface area contributed by atoms with Crippen LogP contribution in [0.25, 0.3) is 0 Å². The summed E-state index contributed by atoms with van der Waals surface area (Å²) in [5.74, 6) is 0.299. The zero-order valence-electron chi connectivity index (χ0n) is 19.9. The van der Waals surface area contributed by atoms with E-state index < -0.39 is 10.2 Å². The molecule has 32 heavy (non-hydrogen) atoms. The van der Waals surface area contributed by atoms with E-state index in [2.05, 4.69) is 55.3 Å². The van der Waals surface area contributed by atoms with Gasteiger partial charge >= 0.3 is 0 Å². The topological polar surface area (TPSA) is 73.0 Å². The molecule has 2 aliphatic heterocycles. The molecule has 180 valence electrons. The summed E-state index contributed by atoms with van der Waals surface area (Å²) in [7, 11) is -3.47. The molecule has 7 nitrogen and oxygen atoms in total. The predicted molar refractivity (Wildman–Crippen MR) is 130 cm³/mol. The van der Waals surface area contributed by atoms with Crippen LogP contribution in [0, 0.1) is 18.8 Å². The highest BCUT2D eigenvalue weighted by Crippen LogP contribution is 2.25. The summed E-state index contributed by atoms with van der Waals surface area (Å²) >= 11 is 0. The Morgan fingerprint density at radius 3 is 2.59 bits per heavy atom. The van der Waals surface area contributed by atoms with Crippen LogP contribution in [-0.2, 0) is 15.0 Å². The summed E-state index contributed by atoms with van der Waals surface area (Å²) < 4.78 is 29.3. The second kappa shape index (κ2) is 11.5. The molecule has 1 aromatic carbocycles. The van der Waals surface area contributed by atoms with Gasteiger partial charge in [-0.05, 0) is 69.6 Å². The first-order valence-corrected chi connectivity index (χ1v) is 13.6. The fourth-order valence-corrected chi connectivity index (χ4v) is 6.39. The van der Waals surface area contributed by atoms with Gasteiger partial charge < -0.3 is 10.2 Å². The lowest BCUT2D eigenvalue weighted by Crippen LogP contribution is -2.52. The van der Waals surface area contributed by atoms with E-state index in [1.165, 1.54) is 15.6 Å². The first kappa shape index (κ1) is 25.0. The minimum absolute atomic E-state index is 0.0178. The van der Waals surface area contributed by atoms with Crippen molar-refractivity contribution in [2.24, 2.45) is 11.8 Å². The fourth-order valence-electron chi connectivity index (χ4n) is 4.67. The minimum atomic E-state index is -3.47. The second-order valence-corrected chi connectivity index (χ2v) is 11.3. The molecule has 2 aliphatic rings. The number of nitrogens with zero attached hydrogens (tertiary/aromatic N) is 3. The van der Waals surface area contributed by atoms with Crippen molar-refractivity contribution >= 4 is 21.8 Å². The SMILES string of the molecule is CCN(CCCNC(=O)[C@@H]1CCCN(S(=O)(=O)N2CCC(C)CC2)C1)c1cccc(C)c1. The Labute approximate surface area is 194 Å². The van der Waals surface area contributed by atoms with Gasteiger partial charge in [-0.1, -0.05) is 19.1 Å². The Kier molecular flexibility index (Phi) is 8.96. The summed E-state index contributed by atoms with van der Waals surface area (Å²) in [6.45, 7) is 10.8. The van der Waals surface area contributed by atoms with Gasteiger partial charge in [-0.3, -0.25) is 4.79 Å². The lowest BCUT2D eigenvalue weighted by Gasteiger charge is -2.37. The maximum atomic E-state index is 13.1. The number of piperidine rings is 2. The average Bonchev–Trinajstić information content (AvgIpc) is 2.79. The molecule has 2 fully saturated rings. The van der Waals surface area contributed by atoms with Crippen molar-refractivity contribution in [3.05, 3.63) is 29.8 Å². The molecule has 0 saturated carbocycles. The van der Waals surface area contributed by atoms with E-state index in [9.17, 15) is 13.2 Å². The zero-order chi connectivity index (χ0) is 23.1. The maximum Gasteiger partial charge on any atom is 0.281 e. The van der Waals surface area contributed by atoms with Gasteiger partial charge in [0.1, 0.15) is 0 Å². The molecule has 2 saturated heterocycles. The number of amides is 1. The summed E-state index contributed by atoms with van der Waals surface area (Å²) in [5.41, 5.74) is 2.45. The van der Waals surface area contributed by atoms with E-state index in [-0.39, 0.29) is 11.8 Å². The van der Waals surface area contributed by atoms with E-state index in [4.69, 9.17) is 0 Å². The number of hydrogen-bond donors (Lipinski definition) is 1. The van der Waals surface area contributed by atoms with Crippen LogP contribution in [0.3, 0.4) is 0 Å². The Bertz CT molecular complexity index is 853. The van der Waals surface area contributed by atoms with Crippen LogP contribution >= 0.6 is 0 Å². The lowest BCUT2D eigenvalue weighted by atomic mass is 9.99. The largest absolute Gasteiger partial charge is 0.372 e. The van der Waals surface area contributed by atoms with Crippen LogP contribution in [0.15, 0.2) is 24.3 Å². The quantitative estimate of drug-likeness (QED) is 0.570. The van der Waals surface area contributed by atoms with Crippen LogP contribution in [0.1, 0.15) is 51.5 Å². The van der Waals surface area contributed by atoms with E-state index in [1.54, 1.807) is 4.31 Å². The van der Waals surface area contributed by atoms with Gasteiger partial charge in [-0.2, -0.15) is 17.0 Å². The van der Waals surface area contributed by atoms with Crippen molar-refractivity contribution in [2.75, 3.05) is 50.7 Å². The molecule has 0 bridgehead atoms. The Balaban J connectivity index is 1.46. The van der Waals surface area contributed by atoms with Crippen molar-refractivity contribution in [2.45, 2.75) is 52.9 Å². The Morgan fingerprint density at radius 1 is 1.16 bits per heavy atom. The summed E-state index contributed by atoms with van der Waals surface area (Å²) in [6.07, 6.45) is 4.16. The number of carbonyl (C=O) groups is 1.